The molecule has 0 spiro atoms. The Morgan fingerprint density at radius 1 is 1.24 bits per heavy atom. The molecule has 1 fully saturated rings. The lowest BCUT2D eigenvalue weighted by Crippen LogP contribution is -2.29. The topological polar surface area (TPSA) is 65.8 Å². The van der Waals surface area contributed by atoms with Crippen LogP contribution < -0.4 is 11.4 Å². The largest absolute Gasteiger partial charge is 0.346 e. The van der Waals surface area contributed by atoms with E-state index in [2.05, 4.69) is 5.10 Å². The predicted octanol–water partition coefficient (Wildman–Crippen LogP) is 3.86. The average molecular weight is 356 g/mol. The van der Waals surface area contributed by atoms with Gasteiger partial charge in [-0.2, -0.15) is 13.9 Å². The van der Waals surface area contributed by atoms with Crippen molar-refractivity contribution in [2.75, 3.05) is 6.54 Å². The van der Waals surface area contributed by atoms with Gasteiger partial charge in [-0.1, -0.05) is 51.4 Å². The number of hydrogen-bond donors (Lipinski definition) is 1. The molecule has 1 saturated carbocycles. The van der Waals surface area contributed by atoms with Gasteiger partial charge in [0.25, 0.3) is 6.08 Å². The Morgan fingerprint density at radius 3 is 2.40 bits per heavy atom. The maximum atomic E-state index is 12.7. The fourth-order valence-corrected chi connectivity index (χ4v) is 3.69. The monoisotopic (exact) mass is 356 g/mol. The van der Waals surface area contributed by atoms with Gasteiger partial charge in [0.2, 0.25) is 0 Å². The summed E-state index contributed by atoms with van der Waals surface area (Å²) in [5, 5.41) is 3.99. The number of hydrogen-bond acceptors (Lipinski definition) is 3. The molecule has 25 heavy (non-hydrogen) atoms. The molecule has 1 aliphatic rings. The fraction of sp³-hybridized carbons (Fsp3) is 0.778. The standard InChI is InChI=1S/C18H30F2N4O/c1-14(10-15-8-6-4-2-3-5-7-9-15)23-13-22-24(18(23)25)12-16(11-21)17(19)20/h13-15H,2-12,21H2,1H3. The molecule has 1 heterocycles. The second-order valence-corrected chi connectivity index (χ2v) is 7.20. The summed E-state index contributed by atoms with van der Waals surface area (Å²) >= 11 is 0. The molecule has 1 unspecified atom stereocenters. The van der Waals surface area contributed by atoms with E-state index >= 15 is 0 Å². The number of halogens is 2. The summed E-state index contributed by atoms with van der Waals surface area (Å²) in [6, 6.07) is 0.0209. The molecule has 0 radical (unpaired) electrons. The van der Waals surface area contributed by atoms with Crippen LogP contribution in [-0.2, 0) is 6.54 Å². The molecular formula is C18H30F2N4O. The minimum atomic E-state index is -1.83. The Kier molecular flexibility index (Phi) is 7.81. The summed E-state index contributed by atoms with van der Waals surface area (Å²) in [5.74, 6) is 0.617. The molecule has 1 aromatic rings. The van der Waals surface area contributed by atoms with Crippen LogP contribution in [0.1, 0.15) is 70.8 Å². The summed E-state index contributed by atoms with van der Waals surface area (Å²) in [7, 11) is 0. The highest BCUT2D eigenvalue weighted by molar-refractivity contribution is 5.03. The number of nitrogens with zero attached hydrogens (tertiary/aromatic N) is 3. The molecule has 0 aromatic carbocycles. The van der Waals surface area contributed by atoms with Gasteiger partial charge in [0, 0.05) is 18.2 Å². The van der Waals surface area contributed by atoms with Gasteiger partial charge in [0.15, 0.2) is 0 Å². The quantitative estimate of drug-likeness (QED) is 0.842. The maximum Gasteiger partial charge on any atom is 0.346 e. The van der Waals surface area contributed by atoms with Crippen LogP contribution in [0.4, 0.5) is 8.78 Å². The third kappa shape index (κ3) is 5.76. The van der Waals surface area contributed by atoms with Gasteiger partial charge in [-0.25, -0.2) is 9.48 Å². The van der Waals surface area contributed by atoms with Gasteiger partial charge in [0.05, 0.1) is 6.54 Å². The smallest absolute Gasteiger partial charge is 0.327 e. The van der Waals surface area contributed by atoms with E-state index in [-0.39, 0.29) is 30.4 Å². The minimum Gasteiger partial charge on any atom is -0.327 e. The second kappa shape index (κ2) is 9.85. The van der Waals surface area contributed by atoms with E-state index in [0.717, 1.165) is 11.1 Å². The first kappa shape index (κ1) is 19.8. The Morgan fingerprint density at radius 2 is 1.84 bits per heavy atom. The van der Waals surface area contributed by atoms with Crippen molar-refractivity contribution in [1.82, 2.24) is 14.3 Å². The van der Waals surface area contributed by atoms with Gasteiger partial charge in [-0.3, -0.25) is 4.57 Å². The maximum absolute atomic E-state index is 12.7. The van der Waals surface area contributed by atoms with Crippen LogP contribution in [0.3, 0.4) is 0 Å². The van der Waals surface area contributed by atoms with Gasteiger partial charge in [-0.05, 0) is 19.3 Å². The number of nitrogens with two attached hydrogens (primary N) is 1. The molecule has 0 aliphatic heterocycles. The molecule has 5 nitrogen and oxygen atoms in total. The summed E-state index contributed by atoms with van der Waals surface area (Å²) < 4.78 is 28.1. The molecular weight excluding hydrogens is 326 g/mol. The van der Waals surface area contributed by atoms with Crippen LogP contribution in [0, 0.1) is 5.92 Å². The third-order valence-electron chi connectivity index (χ3n) is 5.24. The normalized spacial score (nSPS) is 18.2. The van der Waals surface area contributed by atoms with Crippen molar-refractivity contribution in [2.45, 2.75) is 77.3 Å². The predicted molar refractivity (Wildman–Crippen MR) is 94.5 cm³/mol. The molecule has 142 valence electrons. The van der Waals surface area contributed by atoms with Crippen LogP contribution in [0.15, 0.2) is 22.8 Å². The first-order chi connectivity index (χ1) is 12.0. The van der Waals surface area contributed by atoms with Crippen molar-refractivity contribution in [2.24, 2.45) is 11.7 Å². The average Bonchev–Trinajstić information content (AvgIpc) is 2.99. The zero-order valence-corrected chi connectivity index (χ0v) is 15.1. The number of rotatable bonds is 6. The Hall–Kier alpha value is -1.50. The molecule has 1 aliphatic carbocycles. The van der Waals surface area contributed by atoms with Crippen molar-refractivity contribution in [3.63, 3.8) is 0 Å². The van der Waals surface area contributed by atoms with Gasteiger partial charge < -0.3 is 5.73 Å². The van der Waals surface area contributed by atoms with Crippen LogP contribution in [0.5, 0.6) is 0 Å². The third-order valence-corrected chi connectivity index (χ3v) is 5.24. The summed E-state index contributed by atoms with van der Waals surface area (Å²) in [5.41, 5.74) is 4.72. The highest BCUT2D eigenvalue weighted by atomic mass is 19.3. The highest BCUT2D eigenvalue weighted by Crippen LogP contribution is 2.28. The van der Waals surface area contributed by atoms with Gasteiger partial charge in [-0.15, -0.1) is 0 Å². The van der Waals surface area contributed by atoms with Crippen molar-refractivity contribution in [3.05, 3.63) is 28.5 Å². The zero-order chi connectivity index (χ0) is 18.2. The SMILES string of the molecule is CC(CC1CCCCCCCC1)n1cnn(CC(CN)=C(F)F)c1=O. The molecule has 0 saturated heterocycles. The van der Waals surface area contributed by atoms with Crippen LogP contribution in [0.25, 0.3) is 0 Å². The molecule has 1 atom stereocenters. The Labute approximate surface area is 147 Å². The molecule has 0 amide bonds. The molecule has 0 bridgehead atoms. The van der Waals surface area contributed by atoms with Crippen LogP contribution in [0.2, 0.25) is 0 Å². The first-order valence-corrected chi connectivity index (χ1v) is 9.40. The van der Waals surface area contributed by atoms with Gasteiger partial charge in [0.1, 0.15) is 6.33 Å². The zero-order valence-electron chi connectivity index (χ0n) is 15.1. The van der Waals surface area contributed by atoms with Crippen molar-refractivity contribution in [3.8, 4) is 0 Å². The number of aromatic nitrogens is 3. The first-order valence-electron chi connectivity index (χ1n) is 9.40. The van der Waals surface area contributed by atoms with Crippen LogP contribution >= 0.6 is 0 Å². The lowest BCUT2D eigenvalue weighted by molar-refractivity contribution is 0.331. The second-order valence-electron chi connectivity index (χ2n) is 7.20. The molecule has 2 rings (SSSR count). The van der Waals surface area contributed by atoms with E-state index in [1.165, 1.54) is 57.7 Å². The fourth-order valence-electron chi connectivity index (χ4n) is 3.69. The van der Waals surface area contributed by atoms with E-state index in [1.54, 1.807) is 4.57 Å². The van der Waals surface area contributed by atoms with Gasteiger partial charge >= 0.3 is 5.69 Å². The molecule has 2 N–H and O–H groups in total. The minimum absolute atomic E-state index is 0.0209. The molecule has 1 aromatic heterocycles. The summed E-state index contributed by atoms with van der Waals surface area (Å²) in [6.07, 6.45) is 10.8. The van der Waals surface area contributed by atoms with Crippen molar-refractivity contribution in [1.29, 1.82) is 0 Å². The Bertz CT molecular complexity index is 609. The van der Waals surface area contributed by atoms with E-state index in [4.69, 9.17) is 5.73 Å². The molecule has 7 heteroatoms. The Balaban J connectivity index is 2.03. The van der Waals surface area contributed by atoms with E-state index in [9.17, 15) is 13.6 Å². The van der Waals surface area contributed by atoms with Crippen molar-refractivity contribution >= 4 is 0 Å². The lowest BCUT2D eigenvalue weighted by Gasteiger charge is -2.20. The summed E-state index contributed by atoms with van der Waals surface area (Å²) in [4.78, 5) is 12.5. The summed E-state index contributed by atoms with van der Waals surface area (Å²) in [6.45, 7) is 1.48. The van der Waals surface area contributed by atoms with E-state index in [1.807, 2.05) is 6.92 Å². The highest BCUT2D eigenvalue weighted by Gasteiger charge is 2.18. The van der Waals surface area contributed by atoms with Crippen molar-refractivity contribution < 1.29 is 8.78 Å². The lowest BCUT2D eigenvalue weighted by atomic mass is 9.91. The van der Waals surface area contributed by atoms with E-state index < -0.39 is 6.08 Å². The van der Waals surface area contributed by atoms with E-state index in [0.29, 0.717) is 5.92 Å². The van der Waals surface area contributed by atoms with Crippen LogP contribution in [-0.4, -0.2) is 20.9 Å².